The van der Waals surface area contributed by atoms with E-state index < -0.39 is 28.2 Å². The molecule has 0 heterocycles. The molecular weight excluding hydrogens is 281 g/mol. The van der Waals surface area contributed by atoms with Gasteiger partial charge in [0.15, 0.2) is 5.75 Å². The lowest BCUT2D eigenvalue weighted by atomic mass is 9.55. The Morgan fingerprint density at radius 1 is 0.947 bits per heavy atom. The molecule has 0 N–H and O–H groups in total. The SMILES string of the molecule is O=S(=O)(CC(F)(F)F)OC1C2CC3CC(C2)CC1C3. The van der Waals surface area contributed by atoms with Gasteiger partial charge in [0.05, 0.1) is 6.10 Å². The van der Waals surface area contributed by atoms with Crippen molar-refractivity contribution in [3.8, 4) is 0 Å². The van der Waals surface area contributed by atoms with Gasteiger partial charge in [-0.05, 0) is 55.8 Å². The normalized spacial score (nSPS) is 41.7. The maximum Gasteiger partial charge on any atom is 0.405 e. The Balaban J connectivity index is 1.70. The highest BCUT2D eigenvalue weighted by molar-refractivity contribution is 7.86. The molecule has 4 saturated carbocycles. The van der Waals surface area contributed by atoms with E-state index in [2.05, 4.69) is 0 Å². The molecule has 4 bridgehead atoms. The van der Waals surface area contributed by atoms with Crippen molar-refractivity contribution >= 4 is 10.1 Å². The molecule has 7 heteroatoms. The average molecular weight is 298 g/mol. The van der Waals surface area contributed by atoms with Crippen LogP contribution in [0.15, 0.2) is 0 Å². The van der Waals surface area contributed by atoms with Crippen LogP contribution in [0.25, 0.3) is 0 Å². The van der Waals surface area contributed by atoms with E-state index in [4.69, 9.17) is 4.18 Å². The summed E-state index contributed by atoms with van der Waals surface area (Å²) in [5, 5.41) is 0. The van der Waals surface area contributed by atoms with Crippen LogP contribution in [0.2, 0.25) is 0 Å². The zero-order valence-corrected chi connectivity index (χ0v) is 11.2. The lowest BCUT2D eigenvalue weighted by Gasteiger charge is -2.53. The third kappa shape index (κ3) is 2.91. The highest BCUT2D eigenvalue weighted by Gasteiger charge is 2.51. The van der Waals surface area contributed by atoms with Gasteiger partial charge < -0.3 is 0 Å². The zero-order valence-electron chi connectivity index (χ0n) is 10.4. The molecule has 0 saturated heterocycles. The minimum absolute atomic E-state index is 0.138. The van der Waals surface area contributed by atoms with E-state index >= 15 is 0 Å². The molecule has 0 aromatic heterocycles. The summed E-state index contributed by atoms with van der Waals surface area (Å²) >= 11 is 0. The number of halogens is 3. The van der Waals surface area contributed by atoms with E-state index in [9.17, 15) is 21.6 Å². The van der Waals surface area contributed by atoms with Crippen molar-refractivity contribution < 1.29 is 25.8 Å². The monoisotopic (exact) mass is 298 g/mol. The molecular formula is C12H17F3O3S. The van der Waals surface area contributed by atoms with E-state index in [1.165, 1.54) is 6.42 Å². The van der Waals surface area contributed by atoms with Gasteiger partial charge in [-0.1, -0.05) is 0 Å². The van der Waals surface area contributed by atoms with E-state index in [-0.39, 0.29) is 11.8 Å². The summed E-state index contributed by atoms with van der Waals surface area (Å²) in [4.78, 5) is 0. The quantitative estimate of drug-likeness (QED) is 0.752. The number of alkyl halides is 3. The predicted molar refractivity (Wildman–Crippen MR) is 61.8 cm³/mol. The number of rotatable bonds is 3. The van der Waals surface area contributed by atoms with Crippen LogP contribution in [0.1, 0.15) is 32.1 Å². The van der Waals surface area contributed by atoms with E-state index in [0.29, 0.717) is 11.8 Å². The molecule has 0 amide bonds. The summed E-state index contributed by atoms with van der Waals surface area (Å²) in [7, 11) is -4.51. The van der Waals surface area contributed by atoms with E-state index in [0.717, 1.165) is 25.7 Å². The fourth-order valence-electron chi connectivity index (χ4n) is 4.44. The molecule has 0 aliphatic heterocycles. The Labute approximate surface area is 110 Å². The topological polar surface area (TPSA) is 43.4 Å². The lowest BCUT2D eigenvalue weighted by Crippen LogP contribution is -2.50. The molecule has 0 radical (unpaired) electrons. The summed E-state index contributed by atoms with van der Waals surface area (Å²) in [6, 6.07) is 0. The van der Waals surface area contributed by atoms with Crippen LogP contribution in [0, 0.1) is 23.7 Å². The van der Waals surface area contributed by atoms with Crippen molar-refractivity contribution in [3.63, 3.8) is 0 Å². The minimum atomic E-state index is -4.73. The average Bonchev–Trinajstić information content (AvgIpc) is 2.18. The first-order chi connectivity index (χ1) is 8.72. The Bertz CT molecular complexity index is 429. The van der Waals surface area contributed by atoms with Crippen LogP contribution in [0.4, 0.5) is 13.2 Å². The summed E-state index contributed by atoms with van der Waals surface area (Å²) in [6.07, 6.45) is -0.378. The van der Waals surface area contributed by atoms with Crippen LogP contribution >= 0.6 is 0 Å². The van der Waals surface area contributed by atoms with Crippen molar-refractivity contribution in [3.05, 3.63) is 0 Å². The molecule has 4 fully saturated rings. The van der Waals surface area contributed by atoms with Gasteiger partial charge in [-0.3, -0.25) is 4.18 Å². The van der Waals surface area contributed by atoms with Crippen molar-refractivity contribution in [2.45, 2.75) is 44.4 Å². The maximum absolute atomic E-state index is 12.2. The molecule has 0 spiro atoms. The highest BCUT2D eigenvalue weighted by atomic mass is 32.2. The third-order valence-electron chi connectivity index (χ3n) is 4.74. The number of hydrogen-bond donors (Lipinski definition) is 0. The van der Waals surface area contributed by atoms with E-state index in [1.807, 2.05) is 0 Å². The molecule has 4 aliphatic rings. The molecule has 0 atom stereocenters. The van der Waals surface area contributed by atoms with Gasteiger partial charge in [0, 0.05) is 0 Å². The Hall–Kier alpha value is -0.300. The van der Waals surface area contributed by atoms with Crippen molar-refractivity contribution in [1.29, 1.82) is 0 Å². The van der Waals surface area contributed by atoms with Gasteiger partial charge in [0.2, 0.25) is 0 Å². The number of hydrogen-bond acceptors (Lipinski definition) is 3. The maximum atomic E-state index is 12.2. The second-order valence-corrected chi connectivity index (χ2v) is 7.91. The molecule has 110 valence electrons. The predicted octanol–water partition coefficient (Wildman–Crippen LogP) is 2.72. The van der Waals surface area contributed by atoms with Gasteiger partial charge in [0.25, 0.3) is 10.1 Å². The second kappa shape index (κ2) is 4.35. The van der Waals surface area contributed by atoms with Crippen LogP contribution in [0.3, 0.4) is 0 Å². The largest absolute Gasteiger partial charge is 0.405 e. The zero-order chi connectivity index (χ0) is 13.8. The van der Waals surface area contributed by atoms with Crippen molar-refractivity contribution in [1.82, 2.24) is 0 Å². The lowest BCUT2D eigenvalue weighted by molar-refractivity contribution is -0.111. The van der Waals surface area contributed by atoms with Gasteiger partial charge in [-0.25, -0.2) is 0 Å². The summed E-state index contributed by atoms with van der Waals surface area (Å²) in [5.74, 6) is -0.332. The van der Waals surface area contributed by atoms with Crippen LogP contribution in [0.5, 0.6) is 0 Å². The molecule has 4 aliphatic carbocycles. The third-order valence-corrected chi connectivity index (χ3v) is 5.93. The first-order valence-corrected chi connectivity index (χ1v) is 8.27. The van der Waals surface area contributed by atoms with Crippen molar-refractivity contribution in [2.75, 3.05) is 5.75 Å². The molecule has 0 unspecified atom stereocenters. The van der Waals surface area contributed by atoms with Gasteiger partial charge in [-0.2, -0.15) is 21.6 Å². The molecule has 0 aromatic carbocycles. The fraction of sp³-hybridized carbons (Fsp3) is 1.00. The standard InChI is InChI=1S/C12H17F3O3S/c13-12(14,15)6-19(16,17)18-11-9-2-7-1-8(4-9)5-10(11)3-7/h7-11H,1-6H2. The van der Waals surface area contributed by atoms with Crippen LogP contribution < -0.4 is 0 Å². The minimum Gasteiger partial charge on any atom is -0.266 e. The van der Waals surface area contributed by atoms with Crippen LogP contribution in [-0.4, -0.2) is 26.5 Å². The van der Waals surface area contributed by atoms with Crippen molar-refractivity contribution in [2.24, 2.45) is 23.7 Å². The van der Waals surface area contributed by atoms with Gasteiger partial charge in [0.1, 0.15) is 0 Å². The second-order valence-electron chi connectivity index (χ2n) is 6.31. The summed E-state index contributed by atoms with van der Waals surface area (Å²) < 4.78 is 64.6. The Morgan fingerprint density at radius 3 is 1.84 bits per heavy atom. The Kier molecular flexibility index (Phi) is 3.13. The molecule has 3 nitrogen and oxygen atoms in total. The molecule has 0 aromatic rings. The molecule has 4 rings (SSSR count). The first kappa shape index (κ1) is 13.7. The summed E-state index contributed by atoms with van der Waals surface area (Å²) in [6.45, 7) is 0. The fourth-order valence-corrected chi connectivity index (χ4v) is 5.56. The van der Waals surface area contributed by atoms with E-state index in [1.54, 1.807) is 0 Å². The van der Waals surface area contributed by atoms with Gasteiger partial charge in [-0.15, -0.1) is 0 Å². The summed E-state index contributed by atoms with van der Waals surface area (Å²) in [5.41, 5.74) is 0. The molecule has 19 heavy (non-hydrogen) atoms. The first-order valence-electron chi connectivity index (χ1n) is 6.69. The van der Waals surface area contributed by atoms with Crippen LogP contribution in [-0.2, 0) is 14.3 Å². The smallest absolute Gasteiger partial charge is 0.266 e. The van der Waals surface area contributed by atoms with Gasteiger partial charge >= 0.3 is 6.18 Å². The highest BCUT2D eigenvalue weighted by Crippen LogP contribution is 2.55. The Morgan fingerprint density at radius 2 is 1.42 bits per heavy atom.